The van der Waals surface area contributed by atoms with Gasteiger partial charge in [0.2, 0.25) is 0 Å². The lowest BCUT2D eigenvalue weighted by molar-refractivity contribution is -0.385. The first-order valence-electron chi connectivity index (χ1n) is 7.22. The quantitative estimate of drug-likeness (QED) is 0.470. The minimum atomic E-state index is -4.63. The summed E-state index contributed by atoms with van der Waals surface area (Å²) in [4.78, 5) is 34.0. The van der Waals surface area contributed by atoms with Crippen LogP contribution >= 0.6 is 0 Å². The number of nitrogens with one attached hydrogen (secondary N) is 1. The summed E-state index contributed by atoms with van der Waals surface area (Å²) in [6.07, 6.45) is -6.23. The van der Waals surface area contributed by atoms with E-state index < -0.39 is 46.9 Å². The third-order valence-corrected chi connectivity index (χ3v) is 3.19. The van der Waals surface area contributed by atoms with Crippen molar-refractivity contribution in [2.45, 2.75) is 19.2 Å². The van der Waals surface area contributed by atoms with E-state index in [2.05, 4.69) is 0 Å². The van der Waals surface area contributed by atoms with Crippen LogP contribution in [-0.4, -0.2) is 48.8 Å². The molecule has 1 aromatic rings. The minimum Gasteiger partial charge on any atom is -0.486 e. The molecule has 1 atom stereocenters. The Bertz CT molecular complexity index is 736. The van der Waals surface area contributed by atoms with Gasteiger partial charge < -0.3 is 19.5 Å². The lowest BCUT2D eigenvalue weighted by Gasteiger charge is -2.19. The number of hydrogen-bond acceptors (Lipinski definition) is 7. The Labute approximate surface area is 144 Å². The van der Waals surface area contributed by atoms with Gasteiger partial charge in [0.1, 0.15) is 25.3 Å². The number of esters is 1. The number of nitro benzene ring substituents is 1. The van der Waals surface area contributed by atoms with Crippen molar-refractivity contribution in [3.05, 3.63) is 27.8 Å². The predicted molar refractivity (Wildman–Crippen MR) is 78.0 cm³/mol. The van der Waals surface area contributed by atoms with Crippen LogP contribution in [0.1, 0.15) is 17.3 Å². The summed E-state index contributed by atoms with van der Waals surface area (Å²) in [5.41, 5.74) is -1.17. The average molecular weight is 378 g/mol. The molecule has 0 saturated heterocycles. The zero-order chi connectivity index (χ0) is 19.5. The van der Waals surface area contributed by atoms with Gasteiger partial charge in [-0.05, 0) is 6.92 Å². The molecule has 26 heavy (non-hydrogen) atoms. The topological polar surface area (TPSA) is 117 Å². The number of ether oxygens (including phenoxy) is 3. The highest BCUT2D eigenvalue weighted by Crippen LogP contribution is 2.37. The van der Waals surface area contributed by atoms with Crippen LogP contribution in [0.25, 0.3) is 0 Å². The van der Waals surface area contributed by atoms with Crippen LogP contribution in [-0.2, 0) is 9.53 Å². The summed E-state index contributed by atoms with van der Waals surface area (Å²) in [6.45, 7) is -0.231. The first-order valence-corrected chi connectivity index (χ1v) is 7.22. The molecular weight excluding hydrogens is 365 g/mol. The molecule has 0 bridgehead atoms. The minimum absolute atomic E-state index is 0.0652. The molecule has 0 aromatic heterocycles. The number of carbonyl (C=O) groups excluding carboxylic acids is 2. The molecule has 1 aliphatic rings. The van der Waals surface area contributed by atoms with Crippen molar-refractivity contribution in [1.29, 1.82) is 0 Å². The maximum Gasteiger partial charge on any atom is 0.405 e. The molecule has 1 aromatic carbocycles. The lowest BCUT2D eigenvalue weighted by Crippen LogP contribution is -2.40. The fourth-order valence-corrected chi connectivity index (χ4v) is 2.00. The maximum absolute atomic E-state index is 12.1. The molecule has 0 radical (unpaired) electrons. The van der Waals surface area contributed by atoms with Crippen LogP contribution in [0.2, 0.25) is 0 Å². The van der Waals surface area contributed by atoms with Gasteiger partial charge in [0.15, 0.2) is 17.6 Å². The van der Waals surface area contributed by atoms with Crippen molar-refractivity contribution >= 4 is 17.6 Å². The summed E-state index contributed by atoms with van der Waals surface area (Å²) in [5.74, 6) is -2.32. The van der Waals surface area contributed by atoms with Crippen molar-refractivity contribution < 1.29 is 41.9 Å². The molecule has 142 valence electrons. The Morgan fingerprint density at radius 3 is 2.42 bits per heavy atom. The van der Waals surface area contributed by atoms with Crippen molar-refractivity contribution in [2.75, 3.05) is 19.8 Å². The zero-order valence-electron chi connectivity index (χ0n) is 13.3. The highest BCUT2D eigenvalue weighted by molar-refractivity contribution is 5.96. The Kier molecular flexibility index (Phi) is 5.53. The van der Waals surface area contributed by atoms with Crippen LogP contribution in [0.3, 0.4) is 0 Å². The second kappa shape index (κ2) is 7.45. The Morgan fingerprint density at radius 1 is 1.31 bits per heavy atom. The molecular formula is C14H13F3N2O7. The van der Waals surface area contributed by atoms with Crippen molar-refractivity contribution in [3.8, 4) is 11.5 Å². The van der Waals surface area contributed by atoms with Gasteiger partial charge in [-0.2, -0.15) is 13.2 Å². The number of benzene rings is 1. The number of nitrogens with zero attached hydrogens (tertiary/aromatic N) is 1. The van der Waals surface area contributed by atoms with Crippen LogP contribution in [0.4, 0.5) is 18.9 Å². The van der Waals surface area contributed by atoms with E-state index in [-0.39, 0.29) is 24.7 Å². The van der Waals surface area contributed by atoms with Crippen molar-refractivity contribution in [2.24, 2.45) is 0 Å². The summed E-state index contributed by atoms with van der Waals surface area (Å²) in [5, 5.41) is 12.7. The number of nitro groups is 1. The smallest absolute Gasteiger partial charge is 0.405 e. The summed E-state index contributed by atoms with van der Waals surface area (Å²) in [6, 6.07) is 1.99. The highest BCUT2D eigenvalue weighted by atomic mass is 19.4. The molecule has 1 aliphatic heterocycles. The van der Waals surface area contributed by atoms with Crippen LogP contribution in [0.15, 0.2) is 12.1 Å². The average Bonchev–Trinajstić information content (AvgIpc) is 2.57. The van der Waals surface area contributed by atoms with Gasteiger partial charge in [0.05, 0.1) is 11.0 Å². The van der Waals surface area contributed by atoms with Gasteiger partial charge in [0, 0.05) is 6.07 Å². The summed E-state index contributed by atoms with van der Waals surface area (Å²) < 4.78 is 51.4. The maximum atomic E-state index is 12.1. The summed E-state index contributed by atoms with van der Waals surface area (Å²) in [7, 11) is 0. The van der Waals surface area contributed by atoms with E-state index in [4.69, 9.17) is 14.2 Å². The largest absolute Gasteiger partial charge is 0.486 e. The molecule has 0 spiro atoms. The van der Waals surface area contributed by atoms with Crippen LogP contribution < -0.4 is 14.8 Å². The molecule has 9 nitrogen and oxygen atoms in total. The predicted octanol–water partition coefficient (Wildman–Crippen LogP) is 1.59. The van der Waals surface area contributed by atoms with E-state index in [1.807, 2.05) is 0 Å². The zero-order valence-corrected chi connectivity index (χ0v) is 13.3. The fraction of sp³-hybridized carbons (Fsp3) is 0.429. The van der Waals surface area contributed by atoms with Gasteiger partial charge in [-0.25, -0.2) is 4.79 Å². The molecule has 1 unspecified atom stereocenters. The SMILES string of the molecule is CC(OC(=O)c1cc2c(cc1[N+](=O)[O-])OCCO2)C(=O)NCC(F)(F)F. The van der Waals surface area contributed by atoms with Gasteiger partial charge in [0.25, 0.3) is 11.6 Å². The highest BCUT2D eigenvalue weighted by Gasteiger charge is 2.32. The van der Waals surface area contributed by atoms with Crippen LogP contribution in [0.5, 0.6) is 11.5 Å². The Balaban J connectivity index is 2.15. The van der Waals surface area contributed by atoms with E-state index in [1.165, 1.54) is 0 Å². The molecule has 12 heteroatoms. The molecule has 0 fully saturated rings. The van der Waals surface area contributed by atoms with E-state index in [0.29, 0.717) is 0 Å². The molecule has 2 rings (SSSR count). The third-order valence-electron chi connectivity index (χ3n) is 3.19. The van der Waals surface area contributed by atoms with E-state index in [0.717, 1.165) is 19.1 Å². The molecule has 0 saturated carbocycles. The van der Waals surface area contributed by atoms with Crippen molar-refractivity contribution in [3.63, 3.8) is 0 Å². The number of halogens is 3. The van der Waals surface area contributed by atoms with Gasteiger partial charge >= 0.3 is 12.1 Å². The Hall–Kier alpha value is -3.05. The van der Waals surface area contributed by atoms with Crippen LogP contribution in [0, 0.1) is 10.1 Å². The second-order valence-electron chi connectivity index (χ2n) is 5.15. The summed E-state index contributed by atoms with van der Waals surface area (Å²) >= 11 is 0. The molecule has 1 heterocycles. The molecule has 1 amide bonds. The number of fused-ring (bicyclic) bond motifs is 1. The lowest BCUT2D eigenvalue weighted by atomic mass is 10.1. The fourth-order valence-electron chi connectivity index (χ4n) is 2.00. The first-order chi connectivity index (χ1) is 12.1. The number of amides is 1. The number of alkyl halides is 3. The normalized spacial score (nSPS) is 14.3. The molecule has 1 N–H and O–H groups in total. The van der Waals surface area contributed by atoms with E-state index in [1.54, 1.807) is 5.32 Å². The number of hydrogen-bond donors (Lipinski definition) is 1. The Morgan fingerprint density at radius 2 is 1.88 bits per heavy atom. The number of carbonyl (C=O) groups is 2. The molecule has 0 aliphatic carbocycles. The standard InChI is InChI=1S/C14H13F3N2O7/c1-7(12(20)18-6-14(15,16)17)26-13(21)8-4-10-11(25-3-2-24-10)5-9(8)19(22)23/h4-5,7H,2-3,6H2,1H3,(H,18,20). The van der Waals surface area contributed by atoms with Gasteiger partial charge in [-0.15, -0.1) is 0 Å². The van der Waals surface area contributed by atoms with E-state index >= 15 is 0 Å². The monoisotopic (exact) mass is 378 g/mol. The third kappa shape index (κ3) is 4.74. The number of rotatable bonds is 5. The van der Waals surface area contributed by atoms with Gasteiger partial charge in [-0.1, -0.05) is 0 Å². The van der Waals surface area contributed by atoms with Crippen molar-refractivity contribution in [1.82, 2.24) is 5.32 Å². The van der Waals surface area contributed by atoms with E-state index in [9.17, 15) is 32.9 Å². The first kappa shape index (κ1) is 19.3. The second-order valence-corrected chi connectivity index (χ2v) is 5.15. The van der Waals surface area contributed by atoms with Gasteiger partial charge in [-0.3, -0.25) is 14.9 Å².